The number of carbonyl (C=O) groups is 3. The zero-order chi connectivity index (χ0) is 27.0. The molecule has 2 fully saturated rings. The SMILES string of the molecule is COc1ccc(CN2C(=O)CSc3ccc(N4CC5CCN(C(=O)OC(C)(C)C)CC5OC4=O)cc32)cc1. The first-order valence-corrected chi connectivity index (χ1v) is 13.8. The average molecular weight is 540 g/mol. The van der Waals surface area contributed by atoms with Crippen LogP contribution in [0.3, 0.4) is 0 Å². The summed E-state index contributed by atoms with van der Waals surface area (Å²) in [5.74, 6) is 1.24. The molecule has 0 spiro atoms. The summed E-state index contributed by atoms with van der Waals surface area (Å²) < 4.78 is 16.6. The molecule has 3 amide bonds. The summed E-state index contributed by atoms with van der Waals surface area (Å²) in [6, 6.07) is 13.4. The number of carbonyl (C=O) groups excluding carboxylic acids is 3. The maximum atomic E-state index is 13.1. The van der Waals surface area contributed by atoms with E-state index >= 15 is 0 Å². The molecule has 2 aromatic carbocycles. The molecule has 3 aliphatic rings. The molecule has 2 aromatic rings. The smallest absolute Gasteiger partial charge is 0.414 e. The van der Waals surface area contributed by atoms with Crippen LogP contribution in [0, 0.1) is 5.92 Å². The number of amides is 3. The van der Waals surface area contributed by atoms with Gasteiger partial charge >= 0.3 is 12.2 Å². The van der Waals surface area contributed by atoms with E-state index in [1.165, 1.54) is 11.8 Å². The summed E-state index contributed by atoms with van der Waals surface area (Å²) in [6.45, 7) is 7.28. The summed E-state index contributed by atoms with van der Waals surface area (Å²) in [5.41, 5.74) is 1.88. The number of hydrogen-bond donors (Lipinski definition) is 0. The number of benzene rings is 2. The zero-order valence-electron chi connectivity index (χ0n) is 22.1. The summed E-state index contributed by atoms with van der Waals surface area (Å²) in [6.07, 6.45) is -0.505. The number of ether oxygens (including phenoxy) is 3. The molecule has 0 aliphatic carbocycles. The van der Waals surface area contributed by atoms with Crippen molar-refractivity contribution in [2.45, 2.75) is 50.3 Å². The first-order chi connectivity index (χ1) is 18.1. The van der Waals surface area contributed by atoms with Crippen molar-refractivity contribution < 1.29 is 28.6 Å². The molecule has 0 saturated carbocycles. The molecule has 0 N–H and O–H groups in total. The van der Waals surface area contributed by atoms with Crippen LogP contribution in [0.1, 0.15) is 32.8 Å². The number of rotatable bonds is 4. The number of thioether (sulfide) groups is 1. The number of fused-ring (bicyclic) bond motifs is 2. The van der Waals surface area contributed by atoms with E-state index in [2.05, 4.69) is 0 Å². The average Bonchev–Trinajstić information content (AvgIpc) is 2.88. The number of piperidine rings is 1. The van der Waals surface area contributed by atoms with Gasteiger partial charge in [0.25, 0.3) is 0 Å². The summed E-state index contributed by atoms with van der Waals surface area (Å²) in [5, 5.41) is 0. The van der Waals surface area contributed by atoms with Gasteiger partial charge in [-0.25, -0.2) is 9.59 Å². The first kappa shape index (κ1) is 26.2. The Bertz CT molecular complexity index is 1230. The lowest BCUT2D eigenvalue weighted by Gasteiger charge is -2.44. The summed E-state index contributed by atoms with van der Waals surface area (Å²) in [4.78, 5) is 44.6. The molecule has 9 nitrogen and oxygen atoms in total. The predicted molar refractivity (Wildman–Crippen MR) is 145 cm³/mol. The lowest BCUT2D eigenvalue weighted by molar-refractivity contribution is -0.116. The molecule has 3 aliphatic heterocycles. The van der Waals surface area contributed by atoms with E-state index in [-0.39, 0.29) is 24.0 Å². The van der Waals surface area contributed by atoms with Crippen molar-refractivity contribution in [1.82, 2.24) is 4.90 Å². The highest BCUT2D eigenvalue weighted by atomic mass is 32.2. The van der Waals surface area contributed by atoms with Crippen LogP contribution < -0.4 is 14.5 Å². The van der Waals surface area contributed by atoms with E-state index in [9.17, 15) is 14.4 Å². The van der Waals surface area contributed by atoms with Crippen molar-refractivity contribution >= 4 is 41.2 Å². The van der Waals surface area contributed by atoms with Gasteiger partial charge in [0.15, 0.2) is 0 Å². The van der Waals surface area contributed by atoms with Crippen LogP contribution in [-0.2, 0) is 20.8 Å². The van der Waals surface area contributed by atoms with Gasteiger partial charge in [0.05, 0.1) is 31.6 Å². The molecule has 2 unspecified atom stereocenters. The normalized spacial score (nSPS) is 21.4. The summed E-state index contributed by atoms with van der Waals surface area (Å²) >= 11 is 1.50. The Kier molecular flexibility index (Phi) is 7.17. The minimum atomic E-state index is -0.582. The maximum absolute atomic E-state index is 13.1. The minimum absolute atomic E-state index is 0.0197. The molecule has 3 heterocycles. The van der Waals surface area contributed by atoms with Gasteiger partial charge in [-0.15, -0.1) is 11.8 Å². The van der Waals surface area contributed by atoms with E-state index in [0.29, 0.717) is 44.0 Å². The second-order valence-electron chi connectivity index (χ2n) is 10.8. The second kappa shape index (κ2) is 10.4. The van der Waals surface area contributed by atoms with E-state index in [0.717, 1.165) is 21.9 Å². The quantitative estimate of drug-likeness (QED) is 0.545. The molecular formula is C28H33N3O6S. The third-order valence-electron chi connectivity index (χ3n) is 6.93. The van der Waals surface area contributed by atoms with Gasteiger partial charge in [-0.1, -0.05) is 12.1 Å². The Morgan fingerprint density at radius 3 is 2.58 bits per heavy atom. The molecule has 10 heteroatoms. The number of anilines is 2. The molecule has 38 heavy (non-hydrogen) atoms. The lowest BCUT2D eigenvalue weighted by atomic mass is 9.92. The van der Waals surface area contributed by atoms with Crippen LogP contribution in [-0.4, -0.2) is 67.2 Å². The van der Waals surface area contributed by atoms with Gasteiger partial charge in [0, 0.05) is 29.6 Å². The molecule has 0 radical (unpaired) electrons. The molecule has 0 bridgehead atoms. The standard InChI is InChI=1S/C28H33N3O6S/c1-28(2,3)37-26(33)29-12-11-19-15-30(27(34)36-23(19)16-29)20-7-10-24-22(13-20)31(25(32)17-38-24)14-18-5-8-21(35-4)9-6-18/h5-10,13,19,23H,11-12,14-17H2,1-4H3. The van der Waals surface area contributed by atoms with Crippen molar-refractivity contribution in [2.24, 2.45) is 5.92 Å². The van der Waals surface area contributed by atoms with Gasteiger partial charge in [-0.05, 0) is 63.1 Å². The van der Waals surface area contributed by atoms with Gasteiger partial charge in [0.2, 0.25) is 5.91 Å². The first-order valence-electron chi connectivity index (χ1n) is 12.8. The van der Waals surface area contributed by atoms with Crippen LogP contribution in [0.25, 0.3) is 0 Å². The van der Waals surface area contributed by atoms with E-state index in [1.807, 2.05) is 63.2 Å². The van der Waals surface area contributed by atoms with Crippen molar-refractivity contribution in [1.29, 1.82) is 0 Å². The number of hydrogen-bond acceptors (Lipinski definition) is 7. The van der Waals surface area contributed by atoms with Gasteiger partial charge in [0.1, 0.15) is 17.5 Å². The largest absolute Gasteiger partial charge is 0.497 e. The Balaban J connectivity index is 1.31. The molecule has 0 aromatic heterocycles. The third kappa shape index (κ3) is 5.55. The highest BCUT2D eigenvalue weighted by Crippen LogP contribution is 2.40. The summed E-state index contributed by atoms with van der Waals surface area (Å²) in [7, 11) is 1.62. The molecule has 2 atom stereocenters. The maximum Gasteiger partial charge on any atom is 0.414 e. The van der Waals surface area contributed by atoms with Gasteiger partial charge in [-0.2, -0.15) is 0 Å². The molecule has 5 rings (SSSR count). The molecule has 202 valence electrons. The molecule has 2 saturated heterocycles. The third-order valence-corrected chi connectivity index (χ3v) is 7.98. The highest BCUT2D eigenvalue weighted by Gasteiger charge is 2.42. The fraction of sp³-hybridized carbons (Fsp3) is 0.464. The number of methoxy groups -OCH3 is 1. The zero-order valence-corrected chi connectivity index (χ0v) is 23.0. The molecular weight excluding hydrogens is 506 g/mol. The van der Waals surface area contributed by atoms with Crippen molar-refractivity contribution in [3.05, 3.63) is 48.0 Å². The van der Waals surface area contributed by atoms with Crippen molar-refractivity contribution in [3.8, 4) is 5.75 Å². The van der Waals surface area contributed by atoms with E-state index < -0.39 is 11.7 Å². The van der Waals surface area contributed by atoms with Crippen molar-refractivity contribution in [3.63, 3.8) is 0 Å². The van der Waals surface area contributed by atoms with Gasteiger partial charge < -0.3 is 24.0 Å². The van der Waals surface area contributed by atoms with E-state index in [1.54, 1.807) is 21.8 Å². The van der Waals surface area contributed by atoms with Crippen LogP contribution in [0.5, 0.6) is 5.75 Å². The van der Waals surface area contributed by atoms with Crippen LogP contribution in [0.15, 0.2) is 47.4 Å². The second-order valence-corrected chi connectivity index (χ2v) is 11.8. The minimum Gasteiger partial charge on any atom is -0.497 e. The Morgan fingerprint density at radius 2 is 1.87 bits per heavy atom. The number of likely N-dealkylation sites (tertiary alicyclic amines) is 1. The van der Waals surface area contributed by atoms with Crippen LogP contribution >= 0.6 is 11.8 Å². The van der Waals surface area contributed by atoms with Crippen LogP contribution in [0.2, 0.25) is 0 Å². The fourth-order valence-corrected chi connectivity index (χ4v) is 5.87. The van der Waals surface area contributed by atoms with Crippen molar-refractivity contribution in [2.75, 3.05) is 42.3 Å². The highest BCUT2D eigenvalue weighted by molar-refractivity contribution is 8.00. The fourth-order valence-electron chi connectivity index (χ4n) is 4.96. The topological polar surface area (TPSA) is 88.6 Å². The number of nitrogens with zero attached hydrogens (tertiary/aromatic N) is 3. The van der Waals surface area contributed by atoms with Gasteiger partial charge in [-0.3, -0.25) is 9.69 Å². The Labute approximate surface area is 227 Å². The Hall–Kier alpha value is -3.40. The van der Waals surface area contributed by atoms with Crippen LogP contribution in [0.4, 0.5) is 21.0 Å². The monoisotopic (exact) mass is 539 g/mol. The lowest BCUT2D eigenvalue weighted by Crippen LogP contribution is -2.57. The van der Waals surface area contributed by atoms with E-state index in [4.69, 9.17) is 14.2 Å². The predicted octanol–water partition coefficient (Wildman–Crippen LogP) is 4.92. The Morgan fingerprint density at radius 1 is 1.11 bits per heavy atom.